The number of hydrogen-bond acceptors (Lipinski definition) is 4. The molecule has 0 unspecified atom stereocenters. The largest absolute Gasteiger partial charge is 0.343 e. The minimum atomic E-state index is -0.553. The predicted molar refractivity (Wildman–Crippen MR) is 57.3 cm³/mol. The maximum Gasteiger partial charge on any atom is 0.323 e. The minimum Gasteiger partial charge on any atom is -0.343 e. The number of aromatic nitrogens is 2. The monoisotopic (exact) mass is 226 g/mol. The highest BCUT2D eigenvalue weighted by Crippen LogP contribution is 2.24. The molecule has 1 aromatic rings. The standard InChI is InChI=1S/C9H14N4O3/c1-5-6-7(13(15)16)8(12(4)10-6)9(14)11(2)3/h5H2,1-4H3. The van der Waals surface area contributed by atoms with E-state index >= 15 is 0 Å². The SMILES string of the molecule is CCc1nn(C)c(C(=O)N(C)C)c1[N+](=O)[O-]. The molecule has 0 aliphatic carbocycles. The van der Waals surface area contributed by atoms with Crippen LogP contribution in [0.25, 0.3) is 0 Å². The van der Waals surface area contributed by atoms with Gasteiger partial charge in [0, 0.05) is 21.1 Å². The van der Waals surface area contributed by atoms with E-state index in [0.717, 1.165) is 0 Å². The molecule has 0 spiro atoms. The summed E-state index contributed by atoms with van der Waals surface area (Å²) >= 11 is 0. The van der Waals surface area contributed by atoms with Crippen LogP contribution in [0.4, 0.5) is 5.69 Å². The average molecular weight is 226 g/mol. The topological polar surface area (TPSA) is 81.3 Å². The van der Waals surface area contributed by atoms with E-state index in [9.17, 15) is 14.9 Å². The van der Waals surface area contributed by atoms with Gasteiger partial charge in [-0.3, -0.25) is 19.6 Å². The van der Waals surface area contributed by atoms with Crippen molar-refractivity contribution in [2.24, 2.45) is 7.05 Å². The van der Waals surface area contributed by atoms with E-state index in [0.29, 0.717) is 12.1 Å². The highest BCUT2D eigenvalue weighted by Gasteiger charge is 2.31. The molecule has 1 aromatic heterocycles. The van der Waals surface area contributed by atoms with E-state index in [1.165, 1.54) is 16.6 Å². The first-order valence-corrected chi connectivity index (χ1v) is 4.82. The highest BCUT2D eigenvalue weighted by atomic mass is 16.6. The molecule has 0 saturated heterocycles. The molecule has 88 valence electrons. The van der Waals surface area contributed by atoms with Crippen LogP contribution < -0.4 is 0 Å². The molecule has 1 amide bonds. The molecule has 0 aromatic carbocycles. The molecule has 7 nitrogen and oxygen atoms in total. The van der Waals surface area contributed by atoms with Gasteiger partial charge in [0.2, 0.25) is 5.69 Å². The lowest BCUT2D eigenvalue weighted by Gasteiger charge is -2.09. The summed E-state index contributed by atoms with van der Waals surface area (Å²) in [6.07, 6.45) is 0.421. The second-order valence-corrected chi connectivity index (χ2v) is 3.58. The fraction of sp³-hybridized carbons (Fsp3) is 0.556. The van der Waals surface area contributed by atoms with E-state index in [1.807, 2.05) is 0 Å². The van der Waals surface area contributed by atoms with Crippen LogP contribution in [0, 0.1) is 10.1 Å². The molecule has 0 aliphatic heterocycles. The Morgan fingerprint density at radius 3 is 2.50 bits per heavy atom. The van der Waals surface area contributed by atoms with Crippen molar-refractivity contribution >= 4 is 11.6 Å². The van der Waals surface area contributed by atoms with Crippen LogP contribution in [0.1, 0.15) is 23.1 Å². The summed E-state index contributed by atoms with van der Waals surface area (Å²) in [5.41, 5.74) is 0.160. The summed E-state index contributed by atoms with van der Waals surface area (Å²) in [6, 6.07) is 0. The Morgan fingerprint density at radius 1 is 1.56 bits per heavy atom. The molecular formula is C9H14N4O3. The molecule has 16 heavy (non-hydrogen) atoms. The minimum absolute atomic E-state index is 0.0202. The van der Waals surface area contributed by atoms with Crippen LogP contribution >= 0.6 is 0 Å². The van der Waals surface area contributed by atoms with Crippen molar-refractivity contribution in [2.45, 2.75) is 13.3 Å². The Labute approximate surface area is 92.8 Å². The van der Waals surface area contributed by atoms with Gasteiger partial charge >= 0.3 is 5.69 Å². The maximum atomic E-state index is 11.8. The van der Waals surface area contributed by atoms with Crippen molar-refractivity contribution in [3.63, 3.8) is 0 Å². The number of amides is 1. The third-order valence-corrected chi connectivity index (χ3v) is 2.22. The second kappa shape index (κ2) is 4.30. The van der Waals surface area contributed by atoms with Crippen LogP contribution in [0.5, 0.6) is 0 Å². The van der Waals surface area contributed by atoms with E-state index in [2.05, 4.69) is 5.10 Å². The Morgan fingerprint density at radius 2 is 2.12 bits per heavy atom. The molecule has 0 N–H and O–H groups in total. The number of aryl methyl sites for hydroxylation is 2. The normalized spacial score (nSPS) is 10.2. The van der Waals surface area contributed by atoms with Crippen molar-refractivity contribution in [1.29, 1.82) is 0 Å². The number of nitrogens with zero attached hydrogens (tertiary/aromatic N) is 4. The molecule has 1 heterocycles. The van der Waals surface area contributed by atoms with Crippen LogP contribution in [0.3, 0.4) is 0 Å². The predicted octanol–water partition coefficient (Wildman–Crippen LogP) is 0.593. The van der Waals surface area contributed by atoms with Gasteiger partial charge in [-0.25, -0.2) is 0 Å². The molecule has 0 fully saturated rings. The summed E-state index contributed by atoms with van der Waals surface area (Å²) in [5.74, 6) is -0.415. The maximum absolute atomic E-state index is 11.8. The van der Waals surface area contributed by atoms with Gasteiger partial charge in [0.1, 0.15) is 5.69 Å². The highest BCUT2D eigenvalue weighted by molar-refractivity contribution is 5.96. The van der Waals surface area contributed by atoms with Crippen molar-refractivity contribution in [1.82, 2.24) is 14.7 Å². The van der Waals surface area contributed by atoms with Gasteiger partial charge < -0.3 is 4.90 Å². The summed E-state index contributed by atoms with van der Waals surface area (Å²) in [5, 5.41) is 14.9. The van der Waals surface area contributed by atoms with Gasteiger partial charge in [0.15, 0.2) is 0 Å². The van der Waals surface area contributed by atoms with E-state index in [4.69, 9.17) is 0 Å². The van der Waals surface area contributed by atoms with Crippen LogP contribution in [0.2, 0.25) is 0 Å². The molecule has 0 atom stereocenters. The van der Waals surface area contributed by atoms with Crippen molar-refractivity contribution in [2.75, 3.05) is 14.1 Å². The first kappa shape index (κ1) is 12.2. The third-order valence-electron chi connectivity index (χ3n) is 2.22. The smallest absolute Gasteiger partial charge is 0.323 e. The van der Waals surface area contributed by atoms with E-state index in [-0.39, 0.29) is 11.4 Å². The van der Waals surface area contributed by atoms with Crippen molar-refractivity contribution in [3.8, 4) is 0 Å². The number of rotatable bonds is 3. The Bertz CT molecular complexity index is 436. The average Bonchev–Trinajstić information content (AvgIpc) is 2.53. The van der Waals surface area contributed by atoms with Crippen LogP contribution in [0.15, 0.2) is 0 Å². The fourth-order valence-corrected chi connectivity index (χ4v) is 1.45. The summed E-state index contributed by atoms with van der Waals surface area (Å²) < 4.78 is 1.26. The number of carbonyl (C=O) groups is 1. The van der Waals surface area contributed by atoms with Gasteiger partial charge in [-0.2, -0.15) is 5.10 Å². The summed E-state index contributed by atoms with van der Waals surface area (Å²) in [7, 11) is 4.62. The van der Waals surface area contributed by atoms with Gasteiger partial charge in [-0.05, 0) is 6.42 Å². The molecular weight excluding hydrogens is 212 g/mol. The molecule has 0 bridgehead atoms. The zero-order valence-electron chi connectivity index (χ0n) is 9.72. The van der Waals surface area contributed by atoms with Crippen molar-refractivity contribution < 1.29 is 9.72 Å². The molecule has 0 aliphatic rings. The Balaban J connectivity index is 3.42. The van der Waals surface area contributed by atoms with Crippen LogP contribution in [-0.2, 0) is 13.5 Å². The lowest BCUT2D eigenvalue weighted by atomic mass is 10.2. The quantitative estimate of drug-likeness (QED) is 0.558. The van der Waals surface area contributed by atoms with Gasteiger partial charge in [0.05, 0.1) is 4.92 Å². The van der Waals surface area contributed by atoms with Gasteiger partial charge in [0.25, 0.3) is 5.91 Å². The van der Waals surface area contributed by atoms with Crippen LogP contribution in [-0.4, -0.2) is 39.6 Å². The first-order chi connectivity index (χ1) is 7.40. The lowest BCUT2D eigenvalue weighted by molar-refractivity contribution is -0.385. The number of hydrogen-bond donors (Lipinski definition) is 0. The first-order valence-electron chi connectivity index (χ1n) is 4.82. The number of carbonyl (C=O) groups excluding carboxylic acids is 1. The Hall–Kier alpha value is -1.92. The third kappa shape index (κ3) is 1.88. The molecule has 0 radical (unpaired) electrons. The Kier molecular flexibility index (Phi) is 3.26. The second-order valence-electron chi connectivity index (χ2n) is 3.58. The zero-order chi connectivity index (χ0) is 12.5. The van der Waals surface area contributed by atoms with Gasteiger partial charge in [-0.15, -0.1) is 0 Å². The lowest BCUT2D eigenvalue weighted by Crippen LogP contribution is -2.25. The molecule has 1 rings (SSSR count). The number of nitro groups is 1. The fourth-order valence-electron chi connectivity index (χ4n) is 1.45. The molecule has 7 heteroatoms. The summed E-state index contributed by atoms with van der Waals surface area (Å²) in [4.78, 5) is 23.4. The summed E-state index contributed by atoms with van der Waals surface area (Å²) in [6.45, 7) is 1.76. The van der Waals surface area contributed by atoms with Crippen molar-refractivity contribution in [3.05, 3.63) is 21.5 Å². The van der Waals surface area contributed by atoms with Gasteiger partial charge in [-0.1, -0.05) is 6.92 Å². The van der Waals surface area contributed by atoms with E-state index in [1.54, 1.807) is 21.0 Å². The zero-order valence-corrected chi connectivity index (χ0v) is 9.72. The molecule has 0 saturated carbocycles. The van der Waals surface area contributed by atoms with E-state index < -0.39 is 10.8 Å².